The van der Waals surface area contributed by atoms with Gasteiger partial charge < -0.3 is 8.97 Å². The third-order valence-corrected chi connectivity index (χ3v) is 9.92. The lowest BCUT2D eigenvalue weighted by atomic mass is 9.85. The molecule has 0 fully saturated rings. The van der Waals surface area contributed by atoms with Crippen molar-refractivity contribution in [2.75, 3.05) is 39.3 Å². The highest BCUT2D eigenvalue weighted by Gasteiger charge is 2.23. The van der Waals surface area contributed by atoms with Crippen LogP contribution in [0.15, 0.2) is 109 Å². The molecule has 0 bridgehead atoms. The predicted octanol–water partition coefficient (Wildman–Crippen LogP) is 9.45. The Kier molecular flexibility index (Phi) is 11.0. The minimum Gasteiger partial charge on any atom is -0.321 e. The van der Waals surface area contributed by atoms with Gasteiger partial charge in [-0.05, 0) is 74.9 Å². The first kappa shape index (κ1) is 31.5. The van der Waals surface area contributed by atoms with Crippen LogP contribution in [0.4, 0.5) is 0 Å². The number of rotatable bonds is 14. The monoisotopic (exact) mass is 560 g/mol. The summed E-state index contributed by atoms with van der Waals surface area (Å²) in [5.41, 5.74) is 10.4. The average Bonchev–Trinajstić information content (AvgIpc) is 3.07. The van der Waals surface area contributed by atoms with E-state index < -0.39 is 0 Å². The maximum atomic E-state index is 2.36. The van der Waals surface area contributed by atoms with Gasteiger partial charge >= 0.3 is 0 Å². The first-order chi connectivity index (χ1) is 20.5. The Hall–Kier alpha value is -3.46. The first-order valence-electron chi connectivity index (χ1n) is 16.2. The van der Waals surface area contributed by atoms with E-state index in [4.69, 9.17) is 0 Å². The highest BCUT2D eigenvalue weighted by atomic mass is 15.3. The molecule has 42 heavy (non-hydrogen) atoms. The Labute approximate surface area is 256 Å². The Morgan fingerprint density at radius 3 is 0.881 bits per heavy atom. The summed E-state index contributed by atoms with van der Waals surface area (Å²) in [5.74, 6) is 0. The molecule has 0 heterocycles. The van der Waals surface area contributed by atoms with E-state index in [2.05, 4.69) is 151 Å². The largest absolute Gasteiger partial charge is 0.321 e. The third-order valence-electron chi connectivity index (χ3n) is 9.92. The van der Waals surface area contributed by atoms with Crippen LogP contribution in [-0.2, 0) is 13.1 Å². The van der Waals surface area contributed by atoms with Gasteiger partial charge in [-0.25, -0.2) is 0 Å². The average molecular weight is 561 g/mol. The fourth-order valence-corrected chi connectivity index (χ4v) is 6.46. The quantitative estimate of drug-likeness (QED) is 0.106. The van der Waals surface area contributed by atoms with Crippen molar-refractivity contribution in [2.24, 2.45) is 0 Å². The van der Waals surface area contributed by atoms with Gasteiger partial charge in [0.2, 0.25) is 0 Å². The number of hydrogen-bond acceptors (Lipinski definition) is 0. The topological polar surface area (TPSA) is 0 Å². The summed E-state index contributed by atoms with van der Waals surface area (Å²) in [5, 5.41) is 0. The lowest BCUT2D eigenvalue weighted by Crippen LogP contribution is -2.46. The van der Waals surface area contributed by atoms with Crippen molar-refractivity contribution in [1.29, 1.82) is 0 Å². The number of benzene rings is 4. The molecule has 4 aromatic rings. The summed E-state index contributed by atoms with van der Waals surface area (Å²) >= 11 is 0. The number of nitrogens with zero attached hydrogens (tertiary/aromatic N) is 2. The highest BCUT2D eigenvalue weighted by Crippen LogP contribution is 2.37. The molecular weight excluding hydrogens is 508 g/mol. The van der Waals surface area contributed by atoms with E-state index in [1.54, 1.807) is 0 Å². The fourth-order valence-electron chi connectivity index (χ4n) is 6.46. The van der Waals surface area contributed by atoms with Gasteiger partial charge in [0, 0.05) is 11.1 Å². The third kappa shape index (κ3) is 7.12. The molecule has 0 spiro atoms. The van der Waals surface area contributed by atoms with Crippen LogP contribution in [0.5, 0.6) is 0 Å². The van der Waals surface area contributed by atoms with Crippen molar-refractivity contribution in [3.63, 3.8) is 0 Å². The van der Waals surface area contributed by atoms with Crippen molar-refractivity contribution in [2.45, 2.75) is 54.6 Å². The maximum Gasteiger partial charge on any atom is 0.104 e. The Bertz CT molecular complexity index is 1260. The van der Waals surface area contributed by atoms with Crippen molar-refractivity contribution in [1.82, 2.24) is 0 Å². The molecule has 0 aromatic heterocycles. The summed E-state index contributed by atoms with van der Waals surface area (Å²) in [6.45, 7) is 23.0. The van der Waals surface area contributed by atoms with Crippen LogP contribution in [0.2, 0.25) is 0 Å². The molecule has 2 heteroatoms. The number of quaternary nitrogens is 2. The molecule has 0 unspecified atom stereocenters. The van der Waals surface area contributed by atoms with Crippen LogP contribution in [-0.4, -0.2) is 48.2 Å². The van der Waals surface area contributed by atoms with Crippen molar-refractivity contribution in [3.8, 4) is 0 Å². The summed E-state index contributed by atoms with van der Waals surface area (Å²) in [6.07, 6.45) is 0. The molecule has 4 rings (SSSR count). The molecule has 4 aromatic carbocycles. The van der Waals surface area contributed by atoms with E-state index in [1.165, 1.54) is 44.5 Å². The maximum absolute atomic E-state index is 2.36. The van der Waals surface area contributed by atoms with Gasteiger partial charge in [0.15, 0.2) is 0 Å². The van der Waals surface area contributed by atoms with Crippen molar-refractivity contribution < 1.29 is 8.97 Å². The second-order valence-corrected chi connectivity index (χ2v) is 11.8. The molecule has 0 radical (unpaired) electrons. The number of hydrogen-bond donors (Lipinski definition) is 0. The molecule has 0 saturated heterocycles. The van der Waals surface area contributed by atoms with Crippen LogP contribution in [0, 0.1) is 0 Å². The van der Waals surface area contributed by atoms with E-state index in [0.717, 1.165) is 61.3 Å². The highest BCUT2D eigenvalue weighted by molar-refractivity contribution is 6.04. The van der Waals surface area contributed by atoms with Gasteiger partial charge in [0.05, 0.1) is 39.3 Å². The smallest absolute Gasteiger partial charge is 0.104 e. The standard InChI is InChI=1S/C40H52N2/c1-7-41(8-2,9-3)31-33-23-27-37(28-24-33)39(35-19-15-13-16-20-35)40(36-21-17-14-18-22-36)38-29-25-34(26-30-38)32-42(10-4,11-5)12-6/h13-30H,7-12,31-32H2,1-6H3/q+2/b40-39+. The molecular formula is C40H52N2+2. The fraction of sp³-hybridized carbons (Fsp3) is 0.350. The van der Waals surface area contributed by atoms with E-state index in [1.807, 2.05) is 0 Å². The van der Waals surface area contributed by atoms with Crippen LogP contribution in [0.1, 0.15) is 74.9 Å². The summed E-state index contributed by atoms with van der Waals surface area (Å²) < 4.78 is 2.24. The Morgan fingerprint density at radius 1 is 0.357 bits per heavy atom. The summed E-state index contributed by atoms with van der Waals surface area (Å²) in [6, 6.07) is 40.7. The minimum atomic E-state index is 1.08. The van der Waals surface area contributed by atoms with Crippen molar-refractivity contribution in [3.05, 3.63) is 143 Å². The van der Waals surface area contributed by atoms with Gasteiger partial charge in [-0.1, -0.05) is 109 Å². The molecule has 0 aliphatic carbocycles. The van der Waals surface area contributed by atoms with E-state index in [0.29, 0.717) is 0 Å². The SMILES string of the molecule is CC[N+](CC)(CC)Cc1ccc(/C(=C(\c2ccccc2)c2ccc(C[N+](CC)(CC)CC)cc2)c2ccccc2)cc1. The molecule has 0 aliphatic heterocycles. The van der Waals surface area contributed by atoms with Gasteiger partial charge in [-0.15, -0.1) is 0 Å². The molecule has 0 amide bonds. The van der Waals surface area contributed by atoms with Gasteiger partial charge in [0.1, 0.15) is 13.1 Å². The Balaban J connectivity index is 1.86. The summed E-state index contributed by atoms with van der Waals surface area (Å²) in [7, 11) is 0. The van der Waals surface area contributed by atoms with E-state index in [9.17, 15) is 0 Å². The molecule has 0 atom stereocenters. The predicted molar refractivity (Wildman–Crippen MR) is 182 cm³/mol. The van der Waals surface area contributed by atoms with Gasteiger partial charge in [-0.2, -0.15) is 0 Å². The molecule has 0 saturated carbocycles. The van der Waals surface area contributed by atoms with Crippen molar-refractivity contribution >= 4 is 11.1 Å². The normalized spacial score (nSPS) is 12.7. The zero-order chi connectivity index (χ0) is 30.0. The van der Waals surface area contributed by atoms with E-state index >= 15 is 0 Å². The van der Waals surface area contributed by atoms with Gasteiger partial charge in [0.25, 0.3) is 0 Å². The van der Waals surface area contributed by atoms with Crippen LogP contribution >= 0.6 is 0 Å². The first-order valence-corrected chi connectivity index (χ1v) is 16.2. The molecule has 2 nitrogen and oxygen atoms in total. The second kappa shape index (κ2) is 14.6. The zero-order valence-electron chi connectivity index (χ0n) is 26.9. The Morgan fingerprint density at radius 2 is 0.619 bits per heavy atom. The zero-order valence-corrected chi connectivity index (χ0v) is 26.9. The van der Waals surface area contributed by atoms with Gasteiger partial charge in [-0.3, -0.25) is 0 Å². The van der Waals surface area contributed by atoms with Crippen LogP contribution in [0.25, 0.3) is 11.1 Å². The van der Waals surface area contributed by atoms with E-state index in [-0.39, 0.29) is 0 Å². The minimum absolute atomic E-state index is 1.08. The summed E-state index contributed by atoms with van der Waals surface area (Å²) in [4.78, 5) is 0. The molecule has 0 N–H and O–H groups in total. The second-order valence-electron chi connectivity index (χ2n) is 11.8. The molecule has 220 valence electrons. The molecule has 0 aliphatic rings. The lowest BCUT2D eigenvalue weighted by Gasteiger charge is -2.36. The lowest BCUT2D eigenvalue weighted by molar-refractivity contribution is -0.936. The van der Waals surface area contributed by atoms with Crippen LogP contribution in [0.3, 0.4) is 0 Å². The van der Waals surface area contributed by atoms with Crippen LogP contribution < -0.4 is 0 Å².